The normalized spacial score (nSPS) is 12.5. The number of hydrogen-bond donors (Lipinski definition) is 2. The molecule has 2 N–H and O–H groups in total. The molecule has 2 rings (SSSR count). The maximum atomic E-state index is 13.2. The van der Waals surface area contributed by atoms with Gasteiger partial charge in [0, 0.05) is 18.5 Å². The lowest BCUT2D eigenvalue weighted by Gasteiger charge is -2.22. The molecule has 0 heterocycles. The lowest BCUT2D eigenvalue weighted by Crippen LogP contribution is -2.34. The molecule has 0 aliphatic rings. The summed E-state index contributed by atoms with van der Waals surface area (Å²) in [6, 6.07) is 8.56. The number of benzene rings is 2. The van der Waals surface area contributed by atoms with Crippen LogP contribution in [0.25, 0.3) is 0 Å². The van der Waals surface area contributed by atoms with E-state index in [1.165, 1.54) is 26.4 Å². The number of methoxy groups -OCH3 is 2. The molecule has 0 bridgehead atoms. The summed E-state index contributed by atoms with van der Waals surface area (Å²) < 4.78 is 52.4. The fourth-order valence-corrected chi connectivity index (χ4v) is 4.24. The summed E-state index contributed by atoms with van der Waals surface area (Å²) in [4.78, 5) is 12.5. The van der Waals surface area contributed by atoms with Crippen LogP contribution < -0.4 is 19.5 Å². The van der Waals surface area contributed by atoms with Gasteiger partial charge >= 0.3 is 0 Å². The molecule has 0 saturated heterocycles. The van der Waals surface area contributed by atoms with Gasteiger partial charge in [-0.05, 0) is 42.7 Å². The number of nitrogens with one attached hydrogen (secondary N) is 2. The van der Waals surface area contributed by atoms with Crippen molar-refractivity contribution in [1.82, 2.24) is 10.0 Å². The number of ether oxygens (including phenoxy) is 2. The maximum Gasteiger partial charge on any atom is 0.241 e. The highest BCUT2D eigenvalue weighted by molar-refractivity contribution is 7.89. The molecule has 0 aromatic heterocycles. The first-order valence-corrected chi connectivity index (χ1v) is 11.4. The number of sulfonamides is 1. The average molecular weight is 453 g/mol. The third-order valence-corrected chi connectivity index (χ3v) is 6.15. The van der Waals surface area contributed by atoms with E-state index in [9.17, 15) is 17.6 Å². The second kappa shape index (κ2) is 11.1. The zero-order chi connectivity index (χ0) is 23.0. The summed E-state index contributed by atoms with van der Waals surface area (Å²) in [5.74, 6) is 0.302. The van der Waals surface area contributed by atoms with Crippen LogP contribution in [-0.2, 0) is 14.8 Å². The summed E-state index contributed by atoms with van der Waals surface area (Å²) in [6.45, 7) is 4.59. The predicted octanol–water partition coefficient (Wildman–Crippen LogP) is 3.41. The van der Waals surface area contributed by atoms with Crippen LogP contribution >= 0.6 is 0 Å². The maximum absolute atomic E-state index is 13.2. The highest BCUT2D eigenvalue weighted by Gasteiger charge is 2.27. The Balaban J connectivity index is 2.36. The van der Waals surface area contributed by atoms with Gasteiger partial charge in [0.05, 0.1) is 25.2 Å². The van der Waals surface area contributed by atoms with Gasteiger partial charge in [-0.3, -0.25) is 4.79 Å². The molecule has 0 aliphatic heterocycles. The molecule has 0 unspecified atom stereocenters. The highest BCUT2D eigenvalue weighted by atomic mass is 32.2. The van der Waals surface area contributed by atoms with Crippen LogP contribution in [0.3, 0.4) is 0 Å². The van der Waals surface area contributed by atoms with Gasteiger partial charge in [-0.1, -0.05) is 26.0 Å². The molecular formula is C22H29FN2O5S. The van der Waals surface area contributed by atoms with Gasteiger partial charge in [-0.25, -0.2) is 17.5 Å². The third-order valence-electron chi connectivity index (χ3n) is 4.66. The van der Waals surface area contributed by atoms with Gasteiger partial charge in [-0.15, -0.1) is 0 Å². The lowest BCUT2D eigenvalue weighted by atomic mass is 10.0. The lowest BCUT2D eigenvalue weighted by molar-refractivity contribution is -0.121. The Labute approximate surface area is 183 Å². The number of hydrogen-bond acceptors (Lipinski definition) is 5. The Hall–Kier alpha value is -2.65. The van der Waals surface area contributed by atoms with Crippen LogP contribution in [0.5, 0.6) is 11.5 Å². The number of halogens is 1. The van der Waals surface area contributed by atoms with E-state index in [4.69, 9.17) is 9.47 Å². The largest absolute Gasteiger partial charge is 0.493 e. The predicted molar refractivity (Wildman–Crippen MR) is 116 cm³/mol. The van der Waals surface area contributed by atoms with E-state index in [2.05, 4.69) is 10.0 Å². The SMILES string of the molecule is COc1cccc([C@H](CC(=O)NCCC(C)C)NS(=O)(=O)c2ccc(F)cc2)c1OC. The molecule has 0 aliphatic carbocycles. The molecule has 1 atom stereocenters. The van der Waals surface area contributed by atoms with Crippen molar-refractivity contribution in [2.24, 2.45) is 5.92 Å². The Morgan fingerprint density at radius 1 is 1.06 bits per heavy atom. The quantitative estimate of drug-likeness (QED) is 0.545. The molecule has 2 aromatic rings. The van der Waals surface area contributed by atoms with Crippen LogP contribution in [0, 0.1) is 11.7 Å². The van der Waals surface area contributed by atoms with Crippen molar-refractivity contribution >= 4 is 15.9 Å². The molecule has 0 radical (unpaired) electrons. The Kier molecular flexibility index (Phi) is 8.82. The van der Waals surface area contributed by atoms with Crippen molar-refractivity contribution in [1.29, 1.82) is 0 Å². The summed E-state index contributed by atoms with van der Waals surface area (Å²) in [5, 5.41) is 2.82. The van der Waals surface area contributed by atoms with Crippen LogP contribution in [0.15, 0.2) is 47.4 Å². The fourth-order valence-electron chi connectivity index (χ4n) is 3.03. The Morgan fingerprint density at radius 3 is 2.32 bits per heavy atom. The molecule has 0 fully saturated rings. The number of rotatable bonds is 11. The molecular weight excluding hydrogens is 423 g/mol. The summed E-state index contributed by atoms with van der Waals surface area (Å²) in [7, 11) is -1.13. The van der Waals surface area contributed by atoms with Gasteiger partial charge in [0.2, 0.25) is 15.9 Å². The minimum absolute atomic E-state index is 0.110. The number of para-hydroxylation sites is 1. The molecule has 31 heavy (non-hydrogen) atoms. The zero-order valence-electron chi connectivity index (χ0n) is 18.1. The monoisotopic (exact) mass is 452 g/mol. The van der Waals surface area contributed by atoms with E-state index in [-0.39, 0.29) is 17.2 Å². The van der Waals surface area contributed by atoms with E-state index in [1.807, 2.05) is 13.8 Å². The average Bonchev–Trinajstić information content (AvgIpc) is 2.72. The first-order valence-electron chi connectivity index (χ1n) is 9.93. The standard InChI is InChI=1S/C22H29FN2O5S/c1-15(2)12-13-24-21(26)14-19(18-6-5-7-20(29-3)22(18)30-4)25-31(27,28)17-10-8-16(23)9-11-17/h5-11,15,19,25H,12-14H2,1-4H3,(H,24,26)/t19-/m0/s1. The number of carbonyl (C=O) groups is 1. The molecule has 0 spiro atoms. The fraction of sp³-hybridized carbons (Fsp3) is 0.409. The van der Waals surface area contributed by atoms with Crippen molar-refractivity contribution in [3.63, 3.8) is 0 Å². The molecule has 0 saturated carbocycles. The van der Waals surface area contributed by atoms with Gasteiger partial charge in [-0.2, -0.15) is 0 Å². The molecule has 2 aromatic carbocycles. The molecule has 7 nitrogen and oxygen atoms in total. The van der Waals surface area contributed by atoms with Gasteiger partial charge in [0.15, 0.2) is 11.5 Å². The van der Waals surface area contributed by atoms with Crippen LogP contribution in [0.2, 0.25) is 0 Å². The van der Waals surface area contributed by atoms with Crippen LogP contribution in [-0.4, -0.2) is 35.1 Å². The second-order valence-electron chi connectivity index (χ2n) is 7.45. The summed E-state index contributed by atoms with van der Waals surface area (Å²) in [5.41, 5.74) is 0.451. The summed E-state index contributed by atoms with van der Waals surface area (Å²) in [6.07, 6.45) is 0.655. The van der Waals surface area contributed by atoms with E-state index < -0.39 is 21.9 Å². The van der Waals surface area contributed by atoms with Crippen LogP contribution in [0.1, 0.15) is 38.3 Å². The summed E-state index contributed by atoms with van der Waals surface area (Å²) >= 11 is 0. The van der Waals surface area contributed by atoms with Crippen molar-refractivity contribution in [2.45, 2.75) is 37.6 Å². The van der Waals surface area contributed by atoms with Gasteiger partial charge in [0.1, 0.15) is 5.82 Å². The molecule has 170 valence electrons. The van der Waals surface area contributed by atoms with E-state index in [0.29, 0.717) is 29.5 Å². The first kappa shape index (κ1) is 24.6. The second-order valence-corrected chi connectivity index (χ2v) is 9.16. The molecule has 1 amide bonds. The van der Waals surface area contributed by atoms with E-state index in [1.54, 1.807) is 18.2 Å². The van der Waals surface area contributed by atoms with Crippen molar-refractivity contribution in [3.8, 4) is 11.5 Å². The Bertz CT molecular complexity index is 978. The minimum Gasteiger partial charge on any atom is -0.493 e. The van der Waals surface area contributed by atoms with Crippen LogP contribution in [0.4, 0.5) is 4.39 Å². The van der Waals surface area contributed by atoms with Crippen molar-refractivity contribution < 1.29 is 27.1 Å². The van der Waals surface area contributed by atoms with Gasteiger partial charge in [0.25, 0.3) is 0 Å². The third kappa shape index (κ3) is 6.93. The highest BCUT2D eigenvalue weighted by Crippen LogP contribution is 2.36. The Morgan fingerprint density at radius 2 is 1.74 bits per heavy atom. The molecule has 9 heteroatoms. The van der Waals surface area contributed by atoms with E-state index in [0.717, 1.165) is 18.6 Å². The van der Waals surface area contributed by atoms with E-state index >= 15 is 0 Å². The number of carbonyl (C=O) groups excluding carboxylic acids is 1. The topological polar surface area (TPSA) is 93.7 Å². The zero-order valence-corrected chi connectivity index (χ0v) is 19.0. The van der Waals surface area contributed by atoms with Crippen molar-refractivity contribution in [2.75, 3.05) is 20.8 Å². The first-order chi connectivity index (χ1) is 14.7. The number of amides is 1. The van der Waals surface area contributed by atoms with Gasteiger partial charge < -0.3 is 14.8 Å². The minimum atomic E-state index is -4.04. The van der Waals surface area contributed by atoms with Crippen molar-refractivity contribution in [3.05, 3.63) is 53.8 Å². The smallest absolute Gasteiger partial charge is 0.241 e.